The molecule has 0 radical (unpaired) electrons. The largest absolute Gasteiger partial charge is 0.493 e. The summed E-state index contributed by atoms with van der Waals surface area (Å²) in [6.07, 6.45) is 4.58. The maximum absolute atomic E-state index is 5.37. The lowest BCUT2D eigenvalue weighted by Gasteiger charge is -2.14. The van der Waals surface area contributed by atoms with Crippen LogP contribution in [0.25, 0.3) is 0 Å². The van der Waals surface area contributed by atoms with Gasteiger partial charge in [0.1, 0.15) is 0 Å². The monoisotopic (exact) mass is 297 g/mol. The van der Waals surface area contributed by atoms with E-state index in [4.69, 9.17) is 9.47 Å². The van der Waals surface area contributed by atoms with Gasteiger partial charge < -0.3 is 14.8 Å². The Labute approximate surface area is 127 Å². The zero-order valence-corrected chi connectivity index (χ0v) is 14.1. The van der Waals surface area contributed by atoms with Gasteiger partial charge in [0.05, 0.1) is 14.2 Å². The van der Waals surface area contributed by atoms with Crippen LogP contribution in [-0.2, 0) is 6.54 Å². The fourth-order valence-corrected chi connectivity index (χ4v) is 2.71. The molecule has 4 heteroatoms. The molecule has 0 spiro atoms. The molecule has 1 aromatic carbocycles. The lowest BCUT2D eigenvalue weighted by atomic mass is 10.1. The van der Waals surface area contributed by atoms with Crippen molar-refractivity contribution in [1.29, 1.82) is 0 Å². The Balaban J connectivity index is 2.63. The van der Waals surface area contributed by atoms with Gasteiger partial charge in [-0.2, -0.15) is 0 Å². The van der Waals surface area contributed by atoms with Crippen LogP contribution in [-0.4, -0.2) is 27.0 Å². The molecule has 0 saturated heterocycles. The summed E-state index contributed by atoms with van der Waals surface area (Å²) in [5.74, 6) is 2.37. The van der Waals surface area contributed by atoms with Crippen LogP contribution in [0.1, 0.15) is 32.3 Å². The van der Waals surface area contributed by atoms with Crippen molar-refractivity contribution in [3.8, 4) is 11.5 Å². The maximum Gasteiger partial charge on any atom is 0.161 e. The van der Waals surface area contributed by atoms with E-state index in [1.165, 1.54) is 23.3 Å². The second-order valence-electron chi connectivity index (χ2n) is 5.23. The molecule has 0 unspecified atom stereocenters. The maximum atomic E-state index is 5.37. The van der Waals surface area contributed by atoms with Crippen LogP contribution in [0.2, 0.25) is 0 Å². The number of nitrogens with one attached hydrogen (secondary N) is 1. The van der Waals surface area contributed by atoms with Crippen molar-refractivity contribution in [2.45, 2.75) is 38.1 Å². The van der Waals surface area contributed by atoms with E-state index in [-0.39, 0.29) is 0 Å². The number of hydrogen-bond donors (Lipinski definition) is 1. The summed E-state index contributed by atoms with van der Waals surface area (Å²) in [6.45, 7) is 6.45. The van der Waals surface area contributed by atoms with E-state index in [2.05, 4.69) is 37.6 Å². The van der Waals surface area contributed by atoms with Crippen LogP contribution in [0.15, 0.2) is 17.0 Å². The molecule has 0 aromatic heterocycles. The van der Waals surface area contributed by atoms with Crippen molar-refractivity contribution in [3.63, 3.8) is 0 Å². The van der Waals surface area contributed by atoms with Crippen LogP contribution in [0.5, 0.6) is 11.5 Å². The Hall–Kier alpha value is -0.870. The SMILES string of the molecule is COc1cc(CNCCCC(C)C)c(SC)cc1OC. The molecule has 1 N–H and O–H groups in total. The van der Waals surface area contributed by atoms with Gasteiger partial charge in [0, 0.05) is 11.4 Å². The molecule has 0 saturated carbocycles. The first-order valence-electron chi connectivity index (χ1n) is 7.12. The summed E-state index contributed by atoms with van der Waals surface area (Å²) < 4.78 is 10.7. The highest BCUT2D eigenvalue weighted by Gasteiger charge is 2.10. The molecule has 0 aliphatic heterocycles. The van der Waals surface area contributed by atoms with Crippen LogP contribution >= 0.6 is 11.8 Å². The molecule has 1 rings (SSSR count). The van der Waals surface area contributed by atoms with Crippen LogP contribution in [0.4, 0.5) is 0 Å². The van der Waals surface area contributed by atoms with E-state index in [1.54, 1.807) is 26.0 Å². The normalized spacial score (nSPS) is 10.9. The minimum Gasteiger partial charge on any atom is -0.493 e. The number of hydrogen-bond acceptors (Lipinski definition) is 4. The predicted octanol–water partition coefficient (Wildman–Crippen LogP) is 3.95. The highest BCUT2D eigenvalue weighted by molar-refractivity contribution is 7.98. The summed E-state index contributed by atoms with van der Waals surface area (Å²) in [7, 11) is 3.35. The van der Waals surface area contributed by atoms with E-state index < -0.39 is 0 Å². The molecule has 0 heterocycles. The van der Waals surface area contributed by atoms with E-state index in [9.17, 15) is 0 Å². The predicted molar refractivity (Wildman–Crippen MR) is 87.1 cm³/mol. The van der Waals surface area contributed by atoms with Crippen LogP contribution < -0.4 is 14.8 Å². The van der Waals surface area contributed by atoms with Gasteiger partial charge in [0.25, 0.3) is 0 Å². The minimum atomic E-state index is 0.777. The molecule has 0 fully saturated rings. The molecule has 1 aromatic rings. The number of methoxy groups -OCH3 is 2. The average Bonchev–Trinajstić information content (AvgIpc) is 2.45. The zero-order valence-electron chi connectivity index (χ0n) is 13.3. The van der Waals surface area contributed by atoms with Crippen molar-refractivity contribution in [2.24, 2.45) is 5.92 Å². The molecule has 114 valence electrons. The fraction of sp³-hybridized carbons (Fsp3) is 0.625. The highest BCUT2D eigenvalue weighted by Crippen LogP contribution is 2.34. The quantitative estimate of drug-likeness (QED) is 0.552. The average molecular weight is 297 g/mol. The number of ether oxygens (including phenoxy) is 2. The second-order valence-corrected chi connectivity index (χ2v) is 6.08. The minimum absolute atomic E-state index is 0.777. The number of rotatable bonds is 9. The lowest BCUT2D eigenvalue weighted by molar-refractivity contribution is 0.353. The molecule has 0 atom stereocenters. The van der Waals surface area contributed by atoms with Crippen molar-refractivity contribution in [3.05, 3.63) is 17.7 Å². The molecule has 20 heavy (non-hydrogen) atoms. The van der Waals surface area contributed by atoms with E-state index in [0.717, 1.165) is 30.5 Å². The zero-order chi connectivity index (χ0) is 15.0. The van der Waals surface area contributed by atoms with Crippen molar-refractivity contribution < 1.29 is 9.47 Å². The first-order valence-corrected chi connectivity index (χ1v) is 8.34. The number of benzene rings is 1. The Kier molecular flexibility index (Phi) is 7.85. The smallest absolute Gasteiger partial charge is 0.161 e. The fourth-order valence-electron chi connectivity index (χ4n) is 2.09. The molecule has 0 amide bonds. The van der Waals surface area contributed by atoms with Gasteiger partial charge in [-0.25, -0.2) is 0 Å². The third-order valence-electron chi connectivity index (χ3n) is 3.24. The first-order chi connectivity index (χ1) is 9.62. The van der Waals surface area contributed by atoms with E-state index in [1.807, 2.05) is 0 Å². The molecular weight excluding hydrogens is 270 g/mol. The first kappa shape index (κ1) is 17.2. The Bertz CT molecular complexity index is 408. The van der Waals surface area contributed by atoms with Crippen molar-refractivity contribution >= 4 is 11.8 Å². The molecule has 0 aliphatic carbocycles. The van der Waals surface area contributed by atoms with Gasteiger partial charge in [0.2, 0.25) is 0 Å². The van der Waals surface area contributed by atoms with Gasteiger partial charge in [-0.3, -0.25) is 0 Å². The summed E-state index contributed by atoms with van der Waals surface area (Å²) >= 11 is 1.74. The molecule has 3 nitrogen and oxygen atoms in total. The molecule has 0 aliphatic rings. The molecule has 0 bridgehead atoms. The van der Waals surface area contributed by atoms with Gasteiger partial charge in [0.15, 0.2) is 11.5 Å². The molecular formula is C16H27NO2S. The summed E-state index contributed by atoms with van der Waals surface area (Å²) in [5.41, 5.74) is 1.26. The lowest BCUT2D eigenvalue weighted by Crippen LogP contribution is -2.16. The van der Waals surface area contributed by atoms with Crippen LogP contribution in [0, 0.1) is 5.92 Å². The Morgan fingerprint density at radius 3 is 2.35 bits per heavy atom. The number of thioether (sulfide) groups is 1. The van der Waals surface area contributed by atoms with Gasteiger partial charge in [-0.05, 0) is 49.3 Å². The standard InChI is InChI=1S/C16H27NO2S/c1-12(2)7-6-8-17-11-13-9-14(18-3)15(19-4)10-16(13)20-5/h9-10,12,17H,6-8,11H2,1-5H3. The van der Waals surface area contributed by atoms with Crippen molar-refractivity contribution in [1.82, 2.24) is 5.32 Å². The second kappa shape index (κ2) is 9.14. The Morgan fingerprint density at radius 1 is 1.15 bits per heavy atom. The van der Waals surface area contributed by atoms with Gasteiger partial charge >= 0.3 is 0 Å². The third-order valence-corrected chi connectivity index (χ3v) is 4.06. The highest BCUT2D eigenvalue weighted by atomic mass is 32.2. The van der Waals surface area contributed by atoms with E-state index >= 15 is 0 Å². The topological polar surface area (TPSA) is 30.5 Å². The summed E-state index contributed by atoms with van der Waals surface area (Å²) in [4.78, 5) is 1.24. The van der Waals surface area contributed by atoms with Gasteiger partial charge in [-0.1, -0.05) is 13.8 Å². The van der Waals surface area contributed by atoms with E-state index in [0.29, 0.717) is 0 Å². The van der Waals surface area contributed by atoms with Crippen LogP contribution in [0.3, 0.4) is 0 Å². The van der Waals surface area contributed by atoms with Crippen molar-refractivity contribution in [2.75, 3.05) is 27.0 Å². The summed E-state index contributed by atoms with van der Waals surface area (Å²) in [6, 6.07) is 4.12. The summed E-state index contributed by atoms with van der Waals surface area (Å²) in [5, 5.41) is 3.51. The Morgan fingerprint density at radius 2 is 1.80 bits per heavy atom. The third kappa shape index (κ3) is 5.25. The van der Waals surface area contributed by atoms with Gasteiger partial charge in [-0.15, -0.1) is 11.8 Å².